The van der Waals surface area contributed by atoms with Crippen LogP contribution in [0, 0.1) is 0 Å². The van der Waals surface area contributed by atoms with Crippen LogP contribution in [-0.4, -0.2) is 40.6 Å². The highest BCUT2D eigenvalue weighted by Gasteiger charge is 2.14. The molecule has 0 aliphatic heterocycles. The number of amides is 1. The Labute approximate surface area is 149 Å². The fourth-order valence-corrected chi connectivity index (χ4v) is 3.01. The molecule has 0 aliphatic carbocycles. The van der Waals surface area contributed by atoms with Crippen molar-refractivity contribution in [2.24, 2.45) is 7.05 Å². The molecule has 0 aliphatic rings. The standard InChI is InChI=1S/C15H19ClN4O3S/c1-5-13-18-19-15(20(13)2)24-8-14(21)17-10-7-11(22-3)9(16)6-12(10)23-4/h6-7H,5,8H2,1-4H3,(H,17,21). The predicted molar refractivity (Wildman–Crippen MR) is 94.3 cm³/mol. The van der Waals surface area contributed by atoms with E-state index < -0.39 is 0 Å². The van der Waals surface area contributed by atoms with Crippen molar-refractivity contribution in [3.8, 4) is 11.5 Å². The molecule has 24 heavy (non-hydrogen) atoms. The minimum atomic E-state index is -0.191. The minimum absolute atomic E-state index is 0.191. The maximum atomic E-state index is 12.2. The van der Waals surface area contributed by atoms with E-state index in [1.165, 1.54) is 26.0 Å². The number of benzene rings is 1. The molecule has 0 fully saturated rings. The summed E-state index contributed by atoms with van der Waals surface area (Å²) in [7, 11) is 4.90. The number of ether oxygens (including phenoxy) is 2. The van der Waals surface area contributed by atoms with Crippen LogP contribution in [0.1, 0.15) is 12.7 Å². The van der Waals surface area contributed by atoms with Gasteiger partial charge in [-0.1, -0.05) is 30.3 Å². The zero-order chi connectivity index (χ0) is 17.7. The van der Waals surface area contributed by atoms with Gasteiger partial charge in [0.2, 0.25) is 5.91 Å². The number of aryl methyl sites for hydroxylation is 1. The molecule has 1 N–H and O–H groups in total. The Morgan fingerprint density at radius 3 is 2.58 bits per heavy atom. The van der Waals surface area contributed by atoms with Crippen LogP contribution in [-0.2, 0) is 18.3 Å². The largest absolute Gasteiger partial charge is 0.495 e. The fourth-order valence-electron chi connectivity index (χ4n) is 2.05. The maximum Gasteiger partial charge on any atom is 0.234 e. The van der Waals surface area contributed by atoms with Gasteiger partial charge in [0.05, 0.1) is 30.7 Å². The first-order chi connectivity index (χ1) is 11.5. The van der Waals surface area contributed by atoms with E-state index in [-0.39, 0.29) is 11.7 Å². The monoisotopic (exact) mass is 370 g/mol. The van der Waals surface area contributed by atoms with E-state index in [4.69, 9.17) is 21.1 Å². The Balaban J connectivity index is 2.05. The van der Waals surface area contributed by atoms with Crippen molar-refractivity contribution in [2.45, 2.75) is 18.5 Å². The molecule has 1 aromatic heterocycles. The number of aromatic nitrogens is 3. The molecular weight excluding hydrogens is 352 g/mol. The lowest BCUT2D eigenvalue weighted by Crippen LogP contribution is -2.15. The van der Waals surface area contributed by atoms with Crippen LogP contribution in [0.15, 0.2) is 17.3 Å². The number of hydrogen-bond acceptors (Lipinski definition) is 6. The van der Waals surface area contributed by atoms with Gasteiger partial charge in [0.1, 0.15) is 17.3 Å². The van der Waals surface area contributed by atoms with Gasteiger partial charge in [0.15, 0.2) is 5.16 Å². The lowest BCUT2D eigenvalue weighted by atomic mass is 10.2. The molecule has 2 aromatic rings. The molecule has 1 heterocycles. The minimum Gasteiger partial charge on any atom is -0.495 e. The number of hydrogen-bond donors (Lipinski definition) is 1. The molecule has 0 bridgehead atoms. The van der Waals surface area contributed by atoms with Crippen molar-refractivity contribution in [3.05, 3.63) is 23.0 Å². The molecule has 7 nitrogen and oxygen atoms in total. The summed E-state index contributed by atoms with van der Waals surface area (Å²) in [6.45, 7) is 2.01. The Bertz CT molecular complexity index is 736. The number of carbonyl (C=O) groups is 1. The number of nitrogens with zero attached hydrogens (tertiary/aromatic N) is 3. The smallest absolute Gasteiger partial charge is 0.234 e. The number of thioether (sulfide) groups is 1. The number of rotatable bonds is 7. The van der Waals surface area contributed by atoms with Crippen LogP contribution < -0.4 is 14.8 Å². The highest BCUT2D eigenvalue weighted by molar-refractivity contribution is 7.99. The van der Waals surface area contributed by atoms with Crippen LogP contribution in [0.5, 0.6) is 11.5 Å². The fraction of sp³-hybridized carbons (Fsp3) is 0.400. The van der Waals surface area contributed by atoms with Gasteiger partial charge in [-0.3, -0.25) is 4.79 Å². The molecular formula is C15H19ClN4O3S. The lowest BCUT2D eigenvalue weighted by molar-refractivity contribution is -0.113. The quantitative estimate of drug-likeness (QED) is 0.755. The molecule has 2 rings (SSSR count). The van der Waals surface area contributed by atoms with Crippen molar-refractivity contribution >= 4 is 35.0 Å². The predicted octanol–water partition coefficient (Wildman–Crippen LogP) is 2.78. The summed E-state index contributed by atoms with van der Waals surface area (Å²) >= 11 is 7.37. The van der Waals surface area contributed by atoms with Crippen LogP contribution >= 0.6 is 23.4 Å². The van der Waals surface area contributed by atoms with Gasteiger partial charge in [-0.25, -0.2) is 0 Å². The Hall–Kier alpha value is -1.93. The van der Waals surface area contributed by atoms with Crippen molar-refractivity contribution in [2.75, 3.05) is 25.3 Å². The molecule has 0 saturated heterocycles. The first-order valence-corrected chi connectivity index (χ1v) is 8.58. The number of anilines is 1. The van der Waals surface area contributed by atoms with Gasteiger partial charge in [-0.2, -0.15) is 0 Å². The van der Waals surface area contributed by atoms with Crippen LogP contribution in [0.4, 0.5) is 5.69 Å². The maximum absolute atomic E-state index is 12.2. The second kappa shape index (κ2) is 8.25. The van der Waals surface area contributed by atoms with E-state index in [1.807, 2.05) is 18.5 Å². The van der Waals surface area contributed by atoms with Gasteiger partial charge < -0.3 is 19.4 Å². The summed E-state index contributed by atoms with van der Waals surface area (Å²) in [5, 5.41) is 12.0. The summed E-state index contributed by atoms with van der Waals surface area (Å²) < 4.78 is 12.3. The molecule has 0 radical (unpaired) electrons. The summed E-state index contributed by atoms with van der Waals surface area (Å²) in [5.74, 6) is 1.81. The Morgan fingerprint density at radius 2 is 2.00 bits per heavy atom. The molecule has 0 unspecified atom stereocenters. The topological polar surface area (TPSA) is 78.3 Å². The molecule has 1 amide bonds. The van der Waals surface area contributed by atoms with Crippen LogP contribution in [0.2, 0.25) is 5.02 Å². The zero-order valence-corrected chi connectivity index (χ0v) is 15.5. The third-order valence-electron chi connectivity index (χ3n) is 3.32. The van der Waals surface area contributed by atoms with Gasteiger partial charge in [-0.15, -0.1) is 10.2 Å². The van der Waals surface area contributed by atoms with E-state index >= 15 is 0 Å². The SMILES string of the molecule is CCc1nnc(SCC(=O)Nc2cc(OC)c(Cl)cc2OC)n1C. The van der Waals surface area contributed by atoms with Crippen molar-refractivity contribution in [1.29, 1.82) is 0 Å². The van der Waals surface area contributed by atoms with E-state index in [9.17, 15) is 4.79 Å². The van der Waals surface area contributed by atoms with Gasteiger partial charge in [0.25, 0.3) is 0 Å². The zero-order valence-electron chi connectivity index (χ0n) is 13.9. The van der Waals surface area contributed by atoms with E-state index in [0.29, 0.717) is 27.4 Å². The molecule has 1 aromatic carbocycles. The summed E-state index contributed by atoms with van der Waals surface area (Å²) in [5.41, 5.74) is 0.497. The van der Waals surface area contributed by atoms with Gasteiger partial charge in [-0.05, 0) is 0 Å². The van der Waals surface area contributed by atoms with E-state index in [0.717, 1.165) is 12.2 Å². The van der Waals surface area contributed by atoms with Crippen molar-refractivity contribution < 1.29 is 14.3 Å². The Morgan fingerprint density at radius 1 is 1.29 bits per heavy atom. The van der Waals surface area contributed by atoms with Crippen molar-refractivity contribution in [3.63, 3.8) is 0 Å². The van der Waals surface area contributed by atoms with Gasteiger partial charge >= 0.3 is 0 Å². The number of nitrogens with one attached hydrogen (secondary N) is 1. The number of halogens is 1. The number of methoxy groups -OCH3 is 2. The van der Waals surface area contributed by atoms with E-state index in [1.54, 1.807) is 12.1 Å². The average molecular weight is 371 g/mol. The highest BCUT2D eigenvalue weighted by atomic mass is 35.5. The van der Waals surface area contributed by atoms with Crippen molar-refractivity contribution in [1.82, 2.24) is 14.8 Å². The molecule has 0 spiro atoms. The molecule has 9 heteroatoms. The summed E-state index contributed by atoms with van der Waals surface area (Å²) in [6.07, 6.45) is 0.790. The third-order valence-corrected chi connectivity index (χ3v) is 4.64. The second-order valence-corrected chi connectivity index (χ2v) is 6.18. The molecule has 0 saturated carbocycles. The second-order valence-electron chi connectivity index (χ2n) is 4.84. The summed E-state index contributed by atoms with van der Waals surface area (Å²) in [4.78, 5) is 12.2. The molecule has 0 atom stereocenters. The average Bonchev–Trinajstić information content (AvgIpc) is 2.94. The van der Waals surface area contributed by atoms with Gasteiger partial charge in [0, 0.05) is 25.6 Å². The third kappa shape index (κ3) is 4.12. The first-order valence-electron chi connectivity index (χ1n) is 7.22. The van der Waals surface area contributed by atoms with Crippen LogP contribution in [0.25, 0.3) is 0 Å². The Kier molecular flexibility index (Phi) is 6.33. The molecule has 130 valence electrons. The van der Waals surface area contributed by atoms with E-state index in [2.05, 4.69) is 15.5 Å². The lowest BCUT2D eigenvalue weighted by Gasteiger charge is -2.13. The summed E-state index contributed by atoms with van der Waals surface area (Å²) in [6, 6.07) is 3.22. The number of carbonyl (C=O) groups excluding carboxylic acids is 1. The normalized spacial score (nSPS) is 10.5. The highest BCUT2D eigenvalue weighted by Crippen LogP contribution is 2.36. The first kappa shape index (κ1) is 18.4. The van der Waals surface area contributed by atoms with Crippen LogP contribution in [0.3, 0.4) is 0 Å².